The van der Waals surface area contributed by atoms with E-state index < -0.39 is 9.85 Å². The molecule has 40 heavy (non-hydrogen) atoms. The van der Waals surface area contributed by atoms with Gasteiger partial charge in [-0.25, -0.2) is 9.97 Å². The highest BCUT2D eigenvalue weighted by Crippen LogP contribution is 2.31. The summed E-state index contributed by atoms with van der Waals surface area (Å²) in [6, 6.07) is 18.1. The van der Waals surface area contributed by atoms with Gasteiger partial charge < -0.3 is 14.5 Å². The fourth-order valence-corrected chi connectivity index (χ4v) is 3.68. The van der Waals surface area contributed by atoms with E-state index in [2.05, 4.69) is 25.1 Å². The number of pyridine rings is 2. The van der Waals surface area contributed by atoms with Crippen LogP contribution in [-0.4, -0.2) is 41.3 Å². The number of benzene rings is 2. The molecule has 0 bridgehead atoms. The molecule has 0 atom stereocenters. The minimum Gasteiger partial charge on any atom is -0.438 e. The van der Waals surface area contributed by atoms with Crippen LogP contribution >= 0.6 is 0 Å². The molecule has 0 amide bonds. The Bertz CT molecular complexity index is 1830. The maximum atomic E-state index is 11.0. The van der Waals surface area contributed by atoms with E-state index in [1.54, 1.807) is 18.2 Å². The molecule has 198 valence electrons. The van der Waals surface area contributed by atoms with Gasteiger partial charge in [0.15, 0.2) is 6.29 Å². The first-order valence-corrected chi connectivity index (χ1v) is 11.5. The molecule has 0 unspecified atom stereocenters. The highest BCUT2D eigenvalue weighted by atomic mass is 16.6. The molecule has 4 aromatic heterocycles. The Kier molecular flexibility index (Phi) is 7.04. The Balaban J connectivity index is 0.000000162. The second-order valence-electron chi connectivity index (χ2n) is 8.03. The van der Waals surface area contributed by atoms with Gasteiger partial charge in [0, 0.05) is 41.4 Å². The van der Waals surface area contributed by atoms with E-state index in [4.69, 9.17) is 9.47 Å². The van der Waals surface area contributed by atoms with E-state index in [0.717, 1.165) is 17.1 Å². The van der Waals surface area contributed by atoms with E-state index in [-0.39, 0.29) is 17.3 Å². The largest absolute Gasteiger partial charge is 0.438 e. The third-order valence-corrected chi connectivity index (χ3v) is 5.54. The first kappa shape index (κ1) is 25.5. The summed E-state index contributed by atoms with van der Waals surface area (Å²) in [6.45, 7) is 0. The Hall–Kier alpha value is -6.18. The summed E-state index contributed by atoms with van der Waals surface area (Å²) in [4.78, 5) is 41.9. The molecule has 6 aromatic rings. The predicted octanol–water partition coefficient (Wildman–Crippen LogP) is 5.73. The topological polar surface area (TPSA) is 192 Å². The number of nitro groups is 2. The number of hydrogen-bond acceptors (Lipinski definition) is 10. The molecule has 0 aliphatic heterocycles. The number of nitrogens with one attached hydrogen (secondary N) is 2. The van der Waals surface area contributed by atoms with Crippen LogP contribution in [0, 0.1) is 20.2 Å². The SMILES string of the molecule is O=Cc1[nH]nc2cccc(Oc3ccc([N+](=O)[O-])cn3)c12.O=[N+]([O-])c1ccc(Oc2cccc3[nH]ccc23)nc1. The number of fused-ring (bicyclic) bond motifs is 2. The van der Waals surface area contributed by atoms with Crippen LogP contribution in [0.5, 0.6) is 23.3 Å². The van der Waals surface area contributed by atoms with Crippen LogP contribution < -0.4 is 9.47 Å². The van der Waals surface area contributed by atoms with Crippen molar-refractivity contribution in [3.63, 3.8) is 0 Å². The zero-order valence-electron chi connectivity index (χ0n) is 20.3. The van der Waals surface area contributed by atoms with Crippen LogP contribution in [0.4, 0.5) is 11.4 Å². The monoisotopic (exact) mass is 539 g/mol. The van der Waals surface area contributed by atoms with Gasteiger partial charge in [0.1, 0.15) is 29.6 Å². The molecule has 4 heterocycles. The van der Waals surface area contributed by atoms with Crippen molar-refractivity contribution in [2.24, 2.45) is 0 Å². The van der Waals surface area contributed by atoms with Crippen LogP contribution in [0.2, 0.25) is 0 Å². The molecule has 2 N–H and O–H groups in total. The molecule has 14 heteroatoms. The average molecular weight is 539 g/mol. The summed E-state index contributed by atoms with van der Waals surface area (Å²) >= 11 is 0. The number of aldehydes is 1. The first-order valence-electron chi connectivity index (χ1n) is 11.5. The first-order chi connectivity index (χ1) is 19.4. The van der Waals surface area contributed by atoms with E-state index in [1.165, 1.54) is 30.5 Å². The van der Waals surface area contributed by atoms with Crippen molar-refractivity contribution in [2.45, 2.75) is 0 Å². The van der Waals surface area contributed by atoms with Crippen molar-refractivity contribution in [3.05, 3.63) is 111 Å². The molecule has 14 nitrogen and oxygen atoms in total. The lowest BCUT2D eigenvalue weighted by atomic mass is 10.2. The minimum absolute atomic E-state index is 0.0628. The highest BCUT2D eigenvalue weighted by molar-refractivity contribution is 5.98. The number of ether oxygens (including phenoxy) is 2. The molecule has 2 aromatic carbocycles. The van der Waals surface area contributed by atoms with Gasteiger partial charge in [-0.3, -0.25) is 30.1 Å². The van der Waals surface area contributed by atoms with Gasteiger partial charge in [0.05, 0.1) is 20.7 Å². The molecule has 0 saturated heterocycles. The number of nitrogens with zero attached hydrogens (tertiary/aromatic N) is 5. The van der Waals surface area contributed by atoms with Gasteiger partial charge >= 0.3 is 0 Å². The van der Waals surface area contributed by atoms with Crippen LogP contribution in [0.1, 0.15) is 10.5 Å². The molecule has 0 aliphatic rings. The fraction of sp³-hybridized carbons (Fsp3) is 0. The fourth-order valence-electron chi connectivity index (χ4n) is 3.68. The Labute approximate surface area is 223 Å². The lowest BCUT2D eigenvalue weighted by molar-refractivity contribution is -0.385. The van der Waals surface area contributed by atoms with Crippen molar-refractivity contribution in [3.8, 4) is 23.3 Å². The maximum absolute atomic E-state index is 11.0. The Morgan fingerprint density at radius 2 is 1.40 bits per heavy atom. The minimum atomic E-state index is -0.544. The third-order valence-electron chi connectivity index (χ3n) is 5.54. The zero-order valence-corrected chi connectivity index (χ0v) is 20.3. The van der Waals surface area contributed by atoms with Gasteiger partial charge in [0.25, 0.3) is 11.4 Å². The van der Waals surface area contributed by atoms with Gasteiger partial charge in [-0.05, 0) is 30.3 Å². The number of aromatic nitrogens is 5. The number of carbonyl (C=O) groups excluding carboxylic acids is 1. The zero-order chi connectivity index (χ0) is 28.1. The van der Waals surface area contributed by atoms with Gasteiger partial charge in [-0.1, -0.05) is 12.1 Å². The van der Waals surface area contributed by atoms with E-state index in [1.807, 2.05) is 30.5 Å². The van der Waals surface area contributed by atoms with Gasteiger partial charge in [-0.2, -0.15) is 5.10 Å². The normalized spacial score (nSPS) is 10.5. The number of H-pyrrole nitrogens is 2. The number of carbonyl (C=O) groups is 1. The smallest absolute Gasteiger partial charge is 0.287 e. The summed E-state index contributed by atoms with van der Waals surface area (Å²) < 4.78 is 11.2. The van der Waals surface area contributed by atoms with Crippen LogP contribution in [0.3, 0.4) is 0 Å². The molecule has 0 saturated carbocycles. The summed E-state index contributed by atoms with van der Waals surface area (Å²) in [5.74, 6) is 1.55. The molecule has 0 radical (unpaired) electrons. The van der Waals surface area contributed by atoms with Crippen LogP contribution in [0.25, 0.3) is 21.8 Å². The summed E-state index contributed by atoms with van der Waals surface area (Å²) in [5.41, 5.74) is 1.64. The lowest BCUT2D eigenvalue weighted by Crippen LogP contribution is -1.92. The van der Waals surface area contributed by atoms with Crippen molar-refractivity contribution in [1.82, 2.24) is 25.1 Å². The van der Waals surface area contributed by atoms with Crippen molar-refractivity contribution >= 4 is 39.5 Å². The van der Waals surface area contributed by atoms with Crippen LogP contribution in [-0.2, 0) is 0 Å². The number of hydrogen-bond donors (Lipinski definition) is 2. The predicted molar refractivity (Wildman–Crippen MR) is 142 cm³/mol. The van der Waals surface area contributed by atoms with Gasteiger partial charge in [-0.15, -0.1) is 0 Å². The molecule has 0 spiro atoms. The Morgan fingerprint density at radius 3 is 2.00 bits per heavy atom. The Morgan fingerprint density at radius 1 is 0.775 bits per heavy atom. The summed E-state index contributed by atoms with van der Waals surface area (Å²) in [7, 11) is 0. The van der Waals surface area contributed by atoms with E-state index in [0.29, 0.717) is 40.3 Å². The molecular weight excluding hydrogens is 522 g/mol. The van der Waals surface area contributed by atoms with Crippen molar-refractivity contribution in [2.75, 3.05) is 0 Å². The number of aromatic amines is 2. The number of rotatable bonds is 7. The van der Waals surface area contributed by atoms with E-state index in [9.17, 15) is 25.0 Å². The van der Waals surface area contributed by atoms with E-state index >= 15 is 0 Å². The average Bonchev–Trinajstić information content (AvgIpc) is 3.62. The van der Waals surface area contributed by atoms with Crippen LogP contribution in [0.15, 0.2) is 85.3 Å². The third kappa shape index (κ3) is 5.40. The molecule has 6 rings (SSSR count). The highest BCUT2D eigenvalue weighted by Gasteiger charge is 2.13. The second-order valence-corrected chi connectivity index (χ2v) is 8.03. The summed E-state index contributed by atoms with van der Waals surface area (Å²) in [6.07, 6.45) is 4.74. The molecule has 0 fully saturated rings. The van der Waals surface area contributed by atoms with Crippen molar-refractivity contribution < 1.29 is 24.1 Å². The standard InChI is InChI=1S/C13H8N4O4.C13H9N3O3/c18-7-10-13-9(15-16-10)2-1-3-11(13)21-12-5-4-8(6-14-12)17(19)20;17-16(18)9-4-5-13(15-8-9)19-12-3-1-2-11-10(12)6-7-14-11/h1-7H,(H,15,16);1-8,14H. The van der Waals surface area contributed by atoms with Crippen molar-refractivity contribution in [1.29, 1.82) is 0 Å². The molecular formula is C26H17N7O7. The quantitative estimate of drug-likeness (QED) is 0.144. The molecule has 0 aliphatic carbocycles. The second kappa shape index (κ2) is 11.1. The summed E-state index contributed by atoms with van der Waals surface area (Å²) in [5, 5.41) is 29.2. The lowest BCUT2D eigenvalue weighted by Gasteiger charge is -2.05. The maximum Gasteiger partial charge on any atom is 0.287 e. The van der Waals surface area contributed by atoms with Gasteiger partial charge in [0.2, 0.25) is 11.8 Å².